The van der Waals surface area contributed by atoms with Crippen LogP contribution in [-0.2, 0) is 9.47 Å². The largest absolute Gasteiger partial charge is 0.352 e. The zero-order valence-corrected chi connectivity index (χ0v) is 13.0. The Morgan fingerprint density at radius 1 is 1.05 bits per heavy atom. The number of hydrogen-bond donors (Lipinski definition) is 0. The van der Waals surface area contributed by atoms with Gasteiger partial charge >= 0.3 is 0 Å². The van der Waals surface area contributed by atoms with Crippen molar-refractivity contribution in [3.63, 3.8) is 0 Å². The molecule has 0 N–H and O–H groups in total. The van der Waals surface area contributed by atoms with Crippen LogP contribution < -0.4 is 5.43 Å². The van der Waals surface area contributed by atoms with Crippen LogP contribution in [0.15, 0.2) is 41.2 Å². The molecule has 0 aliphatic carbocycles. The smallest absolute Gasteiger partial charge is 0.196 e. The number of rotatable bonds is 3. The van der Waals surface area contributed by atoms with Gasteiger partial charge in [-0.1, -0.05) is 18.2 Å². The van der Waals surface area contributed by atoms with E-state index < -0.39 is 6.29 Å². The summed E-state index contributed by atoms with van der Waals surface area (Å²) in [6, 6.07) is 11.7. The molecular formula is C17H16O3S. The fraction of sp³-hybridized carbons (Fsp3) is 0.235. The quantitative estimate of drug-likeness (QED) is 0.541. The molecular weight excluding hydrogens is 284 g/mol. The molecule has 3 aromatic rings. The molecule has 3 nitrogen and oxygen atoms in total. The standard InChI is InChI=1S/C17H16O3S/c1-10-5-4-6-13-15(10)16(18)12-8-7-11(9-14(12)21-13)17(19-2)20-3/h4-9,17H,1-3H3. The summed E-state index contributed by atoms with van der Waals surface area (Å²) in [4.78, 5) is 12.7. The van der Waals surface area contributed by atoms with Crippen LogP contribution in [0.25, 0.3) is 20.2 Å². The van der Waals surface area contributed by atoms with Crippen LogP contribution in [0.5, 0.6) is 0 Å². The highest BCUT2D eigenvalue weighted by atomic mass is 32.1. The van der Waals surface area contributed by atoms with Crippen molar-refractivity contribution in [2.45, 2.75) is 13.2 Å². The molecule has 2 aromatic carbocycles. The second-order valence-corrected chi connectivity index (χ2v) is 6.02. The van der Waals surface area contributed by atoms with E-state index in [1.54, 1.807) is 25.6 Å². The minimum atomic E-state index is -0.412. The summed E-state index contributed by atoms with van der Waals surface area (Å²) in [6.07, 6.45) is -0.412. The zero-order valence-electron chi connectivity index (χ0n) is 12.2. The second kappa shape index (κ2) is 5.56. The average molecular weight is 300 g/mol. The number of methoxy groups -OCH3 is 2. The van der Waals surface area contributed by atoms with Crippen molar-refractivity contribution >= 4 is 31.5 Å². The van der Waals surface area contributed by atoms with E-state index in [4.69, 9.17) is 9.47 Å². The van der Waals surface area contributed by atoms with Gasteiger partial charge in [-0.25, -0.2) is 0 Å². The van der Waals surface area contributed by atoms with Crippen LogP contribution in [-0.4, -0.2) is 14.2 Å². The molecule has 0 aliphatic rings. The van der Waals surface area contributed by atoms with Crippen molar-refractivity contribution in [2.75, 3.05) is 14.2 Å². The van der Waals surface area contributed by atoms with Gasteiger partial charge in [0.25, 0.3) is 0 Å². The molecule has 0 spiro atoms. The van der Waals surface area contributed by atoms with E-state index in [2.05, 4.69) is 0 Å². The lowest BCUT2D eigenvalue weighted by molar-refractivity contribution is -0.105. The molecule has 3 rings (SSSR count). The van der Waals surface area contributed by atoms with E-state index >= 15 is 0 Å². The summed E-state index contributed by atoms with van der Waals surface area (Å²) in [5.74, 6) is 0. The zero-order chi connectivity index (χ0) is 15.0. The number of benzene rings is 2. The highest BCUT2D eigenvalue weighted by Crippen LogP contribution is 2.29. The minimum Gasteiger partial charge on any atom is -0.352 e. The van der Waals surface area contributed by atoms with Gasteiger partial charge in [0.05, 0.1) is 0 Å². The number of ether oxygens (including phenoxy) is 2. The third kappa shape index (κ3) is 2.35. The maximum absolute atomic E-state index is 12.7. The first-order valence-corrected chi connectivity index (χ1v) is 7.49. The molecule has 0 unspecified atom stereocenters. The van der Waals surface area contributed by atoms with Gasteiger partial charge in [-0.05, 0) is 30.7 Å². The normalized spacial score (nSPS) is 11.6. The highest BCUT2D eigenvalue weighted by Gasteiger charge is 2.12. The Hall–Kier alpha value is -1.75. The molecule has 0 saturated heterocycles. The molecule has 0 atom stereocenters. The third-order valence-corrected chi connectivity index (χ3v) is 4.75. The highest BCUT2D eigenvalue weighted by molar-refractivity contribution is 7.24. The van der Waals surface area contributed by atoms with Gasteiger partial charge in [-0.3, -0.25) is 4.79 Å². The third-order valence-electron chi connectivity index (χ3n) is 3.63. The summed E-state index contributed by atoms with van der Waals surface area (Å²) in [5, 5.41) is 1.56. The molecule has 0 aliphatic heterocycles. The van der Waals surface area contributed by atoms with Crippen molar-refractivity contribution < 1.29 is 9.47 Å². The Morgan fingerprint density at radius 3 is 2.52 bits per heavy atom. The lowest BCUT2D eigenvalue weighted by Crippen LogP contribution is -2.06. The molecule has 1 aromatic heterocycles. The van der Waals surface area contributed by atoms with Crippen molar-refractivity contribution in [3.05, 3.63) is 57.7 Å². The maximum Gasteiger partial charge on any atom is 0.196 e. The van der Waals surface area contributed by atoms with Crippen molar-refractivity contribution in [1.82, 2.24) is 0 Å². The predicted molar refractivity (Wildman–Crippen MR) is 87.1 cm³/mol. The van der Waals surface area contributed by atoms with Crippen LogP contribution in [0.2, 0.25) is 0 Å². The van der Waals surface area contributed by atoms with E-state index in [1.165, 1.54) is 0 Å². The van der Waals surface area contributed by atoms with Gasteiger partial charge < -0.3 is 9.47 Å². The lowest BCUT2D eigenvalue weighted by atomic mass is 10.1. The van der Waals surface area contributed by atoms with Crippen molar-refractivity contribution in [3.8, 4) is 0 Å². The van der Waals surface area contributed by atoms with Gasteiger partial charge in [0.2, 0.25) is 0 Å². The molecule has 21 heavy (non-hydrogen) atoms. The summed E-state index contributed by atoms with van der Waals surface area (Å²) in [7, 11) is 3.20. The summed E-state index contributed by atoms with van der Waals surface area (Å²) >= 11 is 1.62. The van der Waals surface area contributed by atoms with Crippen LogP contribution in [0.4, 0.5) is 0 Å². The Balaban J connectivity index is 2.33. The molecule has 4 heteroatoms. The average Bonchev–Trinajstić information content (AvgIpc) is 2.48. The summed E-state index contributed by atoms with van der Waals surface area (Å²) < 4.78 is 12.5. The van der Waals surface area contributed by atoms with Crippen LogP contribution in [0.3, 0.4) is 0 Å². The maximum atomic E-state index is 12.7. The van der Waals surface area contributed by atoms with E-state index in [1.807, 2.05) is 43.3 Å². The minimum absolute atomic E-state index is 0.0924. The monoisotopic (exact) mass is 300 g/mol. The molecule has 0 fully saturated rings. The molecule has 0 radical (unpaired) electrons. The number of aryl methyl sites for hydroxylation is 1. The summed E-state index contributed by atoms with van der Waals surface area (Å²) in [6.45, 7) is 1.97. The van der Waals surface area contributed by atoms with E-state index in [-0.39, 0.29) is 5.43 Å². The number of fused-ring (bicyclic) bond motifs is 2. The van der Waals surface area contributed by atoms with Crippen molar-refractivity contribution in [2.24, 2.45) is 0 Å². The summed E-state index contributed by atoms with van der Waals surface area (Å²) in [5.41, 5.74) is 2.02. The first kappa shape index (κ1) is 14.2. The molecule has 0 saturated carbocycles. The van der Waals surface area contributed by atoms with Gasteiger partial charge in [0.15, 0.2) is 11.7 Å². The first-order valence-electron chi connectivity index (χ1n) is 6.67. The van der Waals surface area contributed by atoms with Crippen LogP contribution in [0.1, 0.15) is 17.4 Å². The molecule has 108 valence electrons. The Bertz CT molecular complexity index is 863. The van der Waals surface area contributed by atoms with Gasteiger partial charge in [0, 0.05) is 40.0 Å². The SMILES string of the molecule is COC(OC)c1ccc2c(=O)c3c(C)cccc3sc2c1. The van der Waals surface area contributed by atoms with E-state index in [0.29, 0.717) is 0 Å². The number of hydrogen-bond acceptors (Lipinski definition) is 4. The van der Waals surface area contributed by atoms with Crippen molar-refractivity contribution in [1.29, 1.82) is 0 Å². The molecule has 0 amide bonds. The fourth-order valence-corrected chi connectivity index (χ4v) is 3.80. The topological polar surface area (TPSA) is 35.5 Å². The Morgan fingerprint density at radius 2 is 1.81 bits per heavy atom. The molecule has 1 heterocycles. The predicted octanol–water partition coefficient (Wildman–Crippen LogP) is 4.01. The van der Waals surface area contributed by atoms with Crippen LogP contribution >= 0.6 is 11.3 Å². The van der Waals surface area contributed by atoms with E-state index in [9.17, 15) is 4.79 Å². The molecule has 0 bridgehead atoms. The van der Waals surface area contributed by atoms with Gasteiger partial charge in [0.1, 0.15) is 0 Å². The first-order chi connectivity index (χ1) is 10.2. The van der Waals surface area contributed by atoms with Crippen LogP contribution in [0, 0.1) is 6.92 Å². The lowest BCUT2D eigenvalue weighted by Gasteiger charge is -2.14. The second-order valence-electron chi connectivity index (χ2n) is 4.94. The van der Waals surface area contributed by atoms with Gasteiger partial charge in [-0.15, -0.1) is 11.3 Å². The fourth-order valence-electron chi connectivity index (χ4n) is 2.60. The van der Waals surface area contributed by atoms with Gasteiger partial charge in [-0.2, -0.15) is 0 Å². The Labute approximate surface area is 126 Å². The van der Waals surface area contributed by atoms with E-state index in [0.717, 1.165) is 31.3 Å². The Kier molecular flexibility index (Phi) is 3.76.